The molecule has 2 aromatic rings. The summed E-state index contributed by atoms with van der Waals surface area (Å²) in [5.41, 5.74) is 3.06. The van der Waals surface area contributed by atoms with Gasteiger partial charge in [-0.25, -0.2) is 4.79 Å². The number of carbonyl (C=O) groups is 4. The average Bonchev–Trinajstić information content (AvgIpc) is 3.28. The molecule has 3 amide bonds. The molecule has 2 fully saturated rings. The number of ether oxygens (including phenoxy) is 1. The second kappa shape index (κ2) is 9.47. The number of fused-ring (bicyclic) bond motifs is 2. The van der Waals surface area contributed by atoms with Gasteiger partial charge in [-0.2, -0.15) is 0 Å². The Kier molecular flexibility index (Phi) is 6.86. The van der Waals surface area contributed by atoms with Crippen LogP contribution in [-0.4, -0.2) is 41.7 Å². The lowest BCUT2D eigenvalue weighted by Crippen LogP contribution is -2.59. The van der Waals surface area contributed by atoms with Gasteiger partial charge in [0.05, 0.1) is 12.0 Å². The number of aryl methyl sites for hydroxylation is 2. The Hall–Kier alpha value is -3.00. The van der Waals surface area contributed by atoms with Crippen LogP contribution in [0.5, 0.6) is 0 Å². The minimum atomic E-state index is -0.603. The number of nitrogens with zero attached hydrogens (tertiary/aromatic N) is 1. The summed E-state index contributed by atoms with van der Waals surface area (Å²) >= 11 is 1.26. The van der Waals surface area contributed by atoms with Gasteiger partial charge in [0.1, 0.15) is 10.6 Å². The molecule has 192 valence electrons. The van der Waals surface area contributed by atoms with Crippen LogP contribution in [0.4, 0.5) is 5.00 Å². The first kappa shape index (κ1) is 26.1. The van der Waals surface area contributed by atoms with Gasteiger partial charge in [0.15, 0.2) is 0 Å². The van der Waals surface area contributed by atoms with Crippen LogP contribution in [0.25, 0.3) is 11.1 Å². The molecule has 1 aliphatic carbocycles. The Labute approximate surface area is 216 Å². The van der Waals surface area contributed by atoms with E-state index in [1.165, 1.54) is 16.2 Å². The molecule has 1 saturated heterocycles. The van der Waals surface area contributed by atoms with Crippen molar-refractivity contribution in [1.29, 1.82) is 0 Å². The van der Waals surface area contributed by atoms with Crippen LogP contribution in [0.2, 0.25) is 0 Å². The highest BCUT2D eigenvalue weighted by molar-refractivity contribution is 7.15. The number of rotatable bonds is 7. The third-order valence-electron chi connectivity index (χ3n) is 8.27. The van der Waals surface area contributed by atoms with Gasteiger partial charge in [-0.05, 0) is 50.2 Å². The van der Waals surface area contributed by atoms with Gasteiger partial charge in [0.25, 0.3) is 0 Å². The quantitative estimate of drug-likeness (QED) is 0.400. The molecule has 7 nitrogen and oxygen atoms in total. The van der Waals surface area contributed by atoms with Crippen molar-refractivity contribution in [2.45, 2.75) is 60.8 Å². The number of imide groups is 1. The molecule has 2 atom stereocenters. The molecule has 1 N–H and O–H groups in total. The molecule has 2 unspecified atom stereocenters. The summed E-state index contributed by atoms with van der Waals surface area (Å²) < 4.78 is 5.30. The summed E-state index contributed by atoms with van der Waals surface area (Å²) in [4.78, 5) is 53.4. The Morgan fingerprint density at radius 3 is 2.56 bits per heavy atom. The van der Waals surface area contributed by atoms with Crippen molar-refractivity contribution >= 4 is 40.0 Å². The number of thiophene rings is 1. The number of anilines is 1. The molecular formula is C28H34N2O5S. The highest BCUT2D eigenvalue weighted by Crippen LogP contribution is 2.60. The van der Waals surface area contributed by atoms with E-state index in [-0.39, 0.29) is 43.2 Å². The fraction of sp³-hybridized carbons (Fsp3) is 0.500. The minimum absolute atomic E-state index is 0.0235. The van der Waals surface area contributed by atoms with Crippen LogP contribution in [0, 0.1) is 30.6 Å². The van der Waals surface area contributed by atoms with Crippen LogP contribution in [0.1, 0.15) is 68.4 Å². The Morgan fingerprint density at radius 2 is 1.89 bits per heavy atom. The number of nitrogens with one attached hydrogen (secondary N) is 1. The Morgan fingerprint density at radius 1 is 1.17 bits per heavy atom. The van der Waals surface area contributed by atoms with E-state index in [2.05, 4.69) is 5.32 Å². The number of esters is 1. The lowest BCUT2D eigenvalue weighted by Gasteiger charge is -2.47. The van der Waals surface area contributed by atoms with E-state index < -0.39 is 16.8 Å². The van der Waals surface area contributed by atoms with E-state index in [4.69, 9.17) is 4.74 Å². The number of piperidine rings is 1. The largest absolute Gasteiger partial charge is 0.462 e. The van der Waals surface area contributed by atoms with E-state index >= 15 is 0 Å². The van der Waals surface area contributed by atoms with E-state index in [0.717, 1.165) is 16.7 Å². The maximum absolute atomic E-state index is 13.2. The monoisotopic (exact) mass is 510 g/mol. The first-order valence-electron chi connectivity index (χ1n) is 12.4. The summed E-state index contributed by atoms with van der Waals surface area (Å²) in [6, 6.07) is 5.99. The highest BCUT2D eigenvalue weighted by Gasteiger charge is 2.64. The predicted octanol–water partition coefficient (Wildman–Crippen LogP) is 5.35. The van der Waals surface area contributed by atoms with Gasteiger partial charge in [0, 0.05) is 29.8 Å². The standard InChI is InChI=1S/C28H34N2O5S/c1-7-35-25(33)22-19(18-9-8-16(2)14-17(18)3)15-36-23(22)29-21(31)11-13-30-24(32)20-10-12-28(6,26(30)34)27(20,4)5/h8-9,14-15,20H,7,10-13H2,1-6H3,(H,29,31). The molecule has 8 heteroatoms. The zero-order valence-corrected chi connectivity index (χ0v) is 22.6. The number of amides is 3. The second-order valence-corrected chi connectivity index (χ2v) is 11.5. The number of likely N-dealkylation sites (tertiary alicyclic amines) is 1. The van der Waals surface area contributed by atoms with Gasteiger partial charge < -0.3 is 10.1 Å². The van der Waals surface area contributed by atoms with Crippen molar-refractivity contribution in [3.8, 4) is 11.1 Å². The highest BCUT2D eigenvalue weighted by atomic mass is 32.1. The average molecular weight is 511 g/mol. The normalized spacial score (nSPS) is 22.6. The summed E-state index contributed by atoms with van der Waals surface area (Å²) in [6.45, 7) is 11.9. The molecule has 0 spiro atoms. The lowest BCUT2D eigenvalue weighted by atomic mass is 9.62. The molecule has 4 rings (SSSR count). The van der Waals surface area contributed by atoms with E-state index in [9.17, 15) is 19.2 Å². The molecule has 1 aliphatic heterocycles. The van der Waals surface area contributed by atoms with Crippen LogP contribution >= 0.6 is 11.3 Å². The molecule has 1 aromatic heterocycles. The van der Waals surface area contributed by atoms with Crippen molar-refractivity contribution < 1.29 is 23.9 Å². The molecule has 2 bridgehead atoms. The first-order valence-corrected chi connectivity index (χ1v) is 13.3. The van der Waals surface area contributed by atoms with Crippen molar-refractivity contribution in [3.63, 3.8) is 0 Å². The first-order chi connectivity index (χ1) is 16.9. The molecule has 2 aliphatic rings. The van der Waals surface area contributed by atoms with E-state index in [0.29, 0.717) is 29.0 Å². The van der Waals surface area contributed by atoms with Crippen molar-refractivity contribution in [1.82, 2.24) is 4.90 Å². The zero-order chi connectivity index (χ0) is 26.4. The number of benzene rings is 1. The fourth-order valence-electron chi connectivity index (χ4n) is 5.69. The zero-order valence-electron chi connectivity index (χ0n) is 21.8. The summed E-state index contributed by atoms with van der Waals surface area (Å²) in [6.07, 6.45) is 1.33. The minimum Gasteiger partial charge on any atom is -0.462 e. The molecule has 1 aromatic carbocycles. The van der Waals surface area contributed by atoms with Gasteiger partial charge in [-0.1, -0.05) is 44.5 Å². The Balaban J connectivity index is 1.53. The maximum atomic E-state index is 13.2. The fourth-order valence-corrected chi connectivity index (χ4v) is 6.65. The number of hydrogen-bond donors (Lipinski definition) is 1. The van der Waals surface area contributed by atoms with Crippen LogP contribution < -0.4 is 5.32 Å². The van der Waals surface area contributed by atoms with Crippen molar-refractivity contribution in [2.24, 2.45) is 16.7 Å². The van der Waals surface area contributed by atoms with Gasteiger partial charge >= 0.3 is 5.97 Å². The van der Waals surface area contributed by atoms with E-state index in [1.54, 1.807) is 6.92 Å². The van der Waals surface area contributed by atoms with Crippen LogP contribution in [0.3, 0.4) is 0 Å². The topological polar surface area (TPSA) is 92.8 Å². The maximum Gasteiger partial charge on any atom is 0.341 e. The third-order valence-corrected chi connectivity index (χ3v) is 9.16. The third kappa shape index (κ3) is 4.15. The van der Waals surface area contributed by atoms with Crippen molar-refractivity contribution in [3.05, 3.63) is 40.3 Å². The second-order valence-electron chi connectivity index (χ2n) is 10.6. The number of carbonyl (C=O) groups excluding carboxylic acids is 4. The summed E-state index contributed by atoms with van der Waals surface area (Å²) in [7, 11) is 0. The van der Waals surface area contributed by atoms with E-state index in [1.807, 2.05) is 58.2 Å². The molecule has 36 heavy (non-hydrogen) atoms. The molecular weight excluding hydrogens is 476 g/mol. The smallest absolute Gasteiger partial charge is 0.341 e. The SMILES string of the molecule is CCOC(=O)c1c(-c2ccc(C)cc2C)csc1NC(=O)CCN1C(=O)C2CCC(C)(C1=O)C2(C)C. The predicted molar refractivity (Wildman–Crippen MR) is 140 cm³/mol. The summed E-state index contributed by atoms with van der Waals surface area (Å²) in [5.74, 6) is -1.46. The number of hydrogen-bond acceptors (Lipinski definition) is 6. The van der Waals surface area contributed by atoms with Crippen molar-refractivity contribution in [2.75, 3.05) is 18.5 Å². The van der Waals surface area contributed by atoms with Crippen LogP contribution in [-0.2, 0) is 19.1 Å². The molecule has 0 radical (unpaired) electrons. The van der Waals surface area contributed by atoms with Gasteiger partial charge in [-0.3, -0.25) is 19.3 Å². The molecule has 2 heterocycles. The Bertz CT molecular complexity index is 1250. The summed E-state index contributed by atoms with van der Waals surface area (Å²) in [5, 5.41) is 5.08. The van der Waals surface area contributed by atoms with Crippen LogP contribution in [0.15, 0.2) is 23.6 Å². The van der Waals surface area contributed by atoms with Gasteiger partial charge in [0.2, 0.25) is 17.7 Å². The lowest BCUT2D eigenvalue weighted by molar-refractivity contribution is -0.167. The van der Waals surface area contributed by atoms with Gasteiger partial charge in [-0.15, -0.1) is 11.3 Å². The molecule has 1 saturated carbocycles.